The first-order valence-electron chi connectivity index (χ1n) is 10.9. The van der Waals surface area contributed by atoms with E-state index in [-0.39, 0.29) is 18.5 Å². The molecular weight excluding hydrogens is 394 g/mol. The second-order valence-electron chi connectivity index (χ2n) is 8.29. The number of nitrogens with zero attached hydrogens (tertiary/aromatic N) is 4. The van der Waals surface area contributed by atoms with Gasteiger partial charge in [-0.25, -0.2) is 9.97 Å². The SMILES string of the molecule is O=C(CNc1ccccc1OCC1CC1)N[C@@H]1CCCN(c2ncnc3[nH]ncc23)C1. The third-order valence-corrected chi connectivity index (χ3v) is 5.81. The van der Waals surface area contributed by atoms with E-state index < -0.39 is 0 Å². The first-order valence-corrected chi connectivity index (χ1v) is 10.9. The molecule has 1 atom stereocenters. The number of rotatable bonds is 8. The van der Waals surface area contributed by atoms with Crippen molar-refractivity contribution in [3.05, 3.63) is 36.8 Å². The van der Waals surface area contributed by atoms with Crippen LogP contribution in [0.4, 0.5) is 11.5 Å². The predicted molar refractivity (Wildman–Crippen MR) is 118 cm³/mol. The van der Waals surface area contributed by atoms with E-state index in [4.69, 9.17) is 4.74 Å². The molecule has 3 N–H and O–H groups in total. The third kappa shape index (κ3) is 4.70. The highest BCUT2D eigenvalue weighted by Gasteiger charge is 2.24. The number of amides is 1. The maximum Gasteiger partial charge on any atom is 0.239 e. The second-order valence-corrected chi connectivity index (χ2v) is 8.29. The Bertz CT molecular complexity index is 1050. The molecule has 2 aromatic heterocycles. The zero-order chi connectivity index (χ0) is 21.0. The van der Waals surface area contributed by atoms with Crippen LogP contribution in [0.1, 0.15) is 25.7 Å². The van der Waals surface area contributed by atoms with Crippen LogP contribution >= 0.6 is 0 Å². The highest BCUT2D eigenvalue weighted by Crippen LogP contribution is 2.31. The van der Waals surface area contributed by atoms with E-state index in [9.17, 15) is 4.79 Å². The maximum atomic E-state index is 12.6. The Balaban J connectivity index is 1.16. The number of anilines is 2. The van der Waals surface area contributed by atoms with Gasteiger partial charge in [0.1, 0.15) is 17.9 Å². The second kappa shape index (κ2) is 8.79. The Labute approximate surface area is 180 Å². The van der Waals surface area contributed by atoms with Crippen molar-refractivity contribution < 1.29 is 9.53 Å². The lowest BCUT2D eigenvalue weighted by Gasteiger charge is -2.34. The average Bonchev–Trinajstić information content (AvgIpc) is 3.50. The van der Waals surface area contributed by atoms with Gasteiger partial charge in [0.2, 0.25) is 5.91 Å². The van der Waals surface area contributed by atoms with Gasteiger partial charge in [0.05, 0.1) is 30.4 Å². The summed E-state index contributed by atoms with van der Waals surface area (Å²) in [7, 11) is 0. The first-order chi connectivity index (χ1) is 15.3. The highest BCUT2D eigenvalue weighted by molar-refractivity contribution is 5.86. The third-order valence-electron chi connectivity index (χ3n) is 5.81. The quantitative estimate of drug-likeness (QED) is 0.512. The molecular formula is C22H27N7O2. The van der Waals surface area contributed by atoms with E-state index in [1.54, 1.807) is 12.5 Å². The zero-order valence-corrected chi connectivity index (χ0v) is 17.4. The fraction of sp³-hybridized carbons (Fsp3) is 0.455. The van der Waals surface area contributed by atoms with Crippen molar-refractivity contribution in [2.24, 2.45) is 5.92 Å². The number of aromatic nitrogens is 4. The Morgan fingerprint density at radius 1 is 1.23 bits per heavy atom. The Kier molecular flexibility index (Phi) is 5.56. The molecule has 1 aromatic carbocycles. The number of carbonyl (C=O) groups is 1. The monoisotopic (exact) mass is 421 g/mol. The molecule has 9 heteroatoms. The molecule has 0 bridgehead atoms. The number of piperidine rings is 1. The molecule has 1 saturated heterocycles. The smallest absolute Gasteiger partial charge is 0.239 e. The molecule has 1 amide bonds. The molecule has 1 aliphatic carbocycles. The number of carbonyl (C=O) groups excluding carboxylic acids is 1. The van der Waals surface area contributed by atoms with Gasteiger partial charge >= 0.3 is 0 Å². The molecule has 9 nitrogen and oxygen atoms in total. The number of nitrogens with one attached hydrogen (secondary N) is 3. The average molecular weight is 422 g/mol. The van der Waals surface area contributed by atoms with Gasteiger partial charge in [0.25, 0.3) is 0 Å². The molecule has 2 aliphatic rings. The number of hydrogen-bond donors (Lipinski definition) is 3. The van der Waals surface area contributed by atoms with Gasteiger partial charge < -0.3 is 20.3 Å². The number of H-pyrrole nitrogens is 1. The van der Waals surface area contributed by atoms with Gasteiger partial charge in [0.15, 0.2) is 5.65 Å². The Hall–Kier alpha value is -3.36. The van der Waals surface area contributed by atoms with Gasteiger partial charge in [-0.15, -0.1) is 0 Å². The molecule has 3 aromatic rings. The number of aromatic amines is 1. The molecule has 1 aliphatic heterocycles. The lowest BCUT2D eigenvalue weighted by atomic mass is 10.1. The first kappa shape index (κ1) is 19.6. The highest BCUT2D eigenvalue weighted by atomic mass is 16.5. The van der Waals surface area contributed by atoms with Crippen LogP contribution in [0, 0.1) is 5.92 Å². The summed E-state index contributed by atoms with van der Waals surface area (Å²) in [5, 5.41) is 14.2. The van der Waals surface area contributed by atoms with Crippen molar-refractivity contribution in [1.82, 2.24) is 25.5 Å². The van der Waals surface area contributed by atoms with E-state index in [1.807, 2.05) is 24.3 Å². The number of para-hydroxylation sites is 2. The normalized spacial score (nSPS) is 18.7. The van der Waals surface area contributed by atoms with Crippen molar-refractivity contribution in [2.75, 3.05) is 36.5 Å². The summed E-state index contributed by atoms with van der Waals surface area (Å²) in [6.45, 7) is 2.56. The summed E-state index contributed by atoms with van der Waals surface area (Å²) in [4.78, 5) is 23.5. The maximum absolute atomic E-state index is 12.6. The fourth-order valence-corrected chi connectivity index (χ4v) is 3.98. The molecule has 2 fully saturated rings. The van der Waals surface area contributed by atoms with E-state index >= 15 is 0 Å². The molecule has 0 radical (unpaired) electrons. The molecule has 162 valence electrons. The number of fused-ring (bicyclic) bond motifs is 1. The molecule has 31 heavy (non-hydrogen) atoms. The van der Waals surface area contributed by atoms with Gasteiger partial charge in [-0.3, -0.25) is 9.89 Å². The summed E-state index contributed by atoms with van der Waals surface area (Å²) in [6, 6.07) is 7.86. The van der Waals surface area contributed by atoms with Crippen LogP contribution in [-0.2, 0) is 4.79 Å². The Morgan fingerprint density at radius 2 is 2.13 bits per heavy atom. The van der Waals surface area contributed by atoms with Crippen molar-refractivity contribution in [1.29, 1.82) is 0 Å². The van der Waals surface area contributed by atoms with E-state index in [1.165, 1.54) is 12.8 Å². The van der Waals surface area contributed by atoms with Crippen molar-refractivity contribution in [3.8, 4) is 5.75 Å². The zero-order valence-electron chi connectivity index (χ0n) is 17.4. The standard InChI is InChI=1S/C22H27N7O2/c30-20(11-23-18-5-1-2-6-19(18)31-13-15-7-8-15)27-16-4-3-9-29(12-16)22-17-10-26-28-21(17)24-14-25-22/h1-2,5-6,10,14-16,23H,3-4,7-9,11-13H2,(H,27,30)(H,24,25,26,28)/t16-/m1/s1. The van der Waals surface area contributed by atoms with Crippen LogP contribution in [0.15, 0.2) is 36.8 Å². The lowest BCUT2D eigenvalue weighted by molar-refractivity contribution is -0.120. The molecule has 5 rings (SSSR count). The van der Waals surface area contributed by atoms with Gasteiger partial charge in [0, 0.05) is 19.1 Å². The largest absolute Gasteiger partial charge is 0.491 e. The minimum Gasteiger partial charge on any atom is -0.491 e. The van der Waals surface area contributed by atoms with Gasteiger partial charge in [-0.2, -0.15) is 5.10 Å². The topological polar surface area (TPSA) is 108 Å². The molecule has 1 saturated carbocycles. The summed E-state index contributed by atoms with van der Waals surface area (Å²) < 4.78 is 5.91. The number of benzene rings is 1. The summed E-state index contributed by atoms with van der Waals surface area (Å²) in [6.07, 6.45) is 7.72. The van der Waals surface area contributed by atoms with Crippen LogP contribution in [0.5, 0.6) is 5.75 Å². The van der Waals surface area contributed by atoms with Gasteiger partial charge in [-0.05, 0) is 43.7 Å². The lowest BCUT2D eigenvalue weighted by Crippen LogP contribution is -2.49. The molecule has 0 spiro atoms. The summed E-state index contributed by atoms with van der Waals surface area (Å²) in [5.74, 6) is 2.32. The van der Waals surface area contributed by atoms with E-state index in [0.717, 1.165) is 54.3 Å². The number of hydrogen-bond acceptors (Lipinski definition) is 7. The van der Waals surface area contributed by atoms with E-state index in [2.05, 4.69) is 35.7 Å². The van der Waals surface area contributed by atoms with Crippen LogP contribution in [0.2, 0.25) is 0 Å². The fourth-order valence-electron chi connectivity index (χ4n) is 3.98. The van der Waals surface area contributed by atoms with Crippen molar-refractivity contribution in [2.45, 2.75) is 31.7 Å². The van der Waals surface area contributed by atoms with Crippen LogP contribution in [0.25, 0.3) is 11.0 Å². The Morgan fingerprint density at radius 3 is 3.03 bits per heavy atom. The van der Waals surface area contributed by atoms with Crippen LogP contribution in [-0.4, -0.2) is 58.4 Å². The van der Waals surface area contributed by atoms with Crippen LogP contribution < -0.4 is 20.3 Å². The predicted octanol–water partition coefficient (Wildman–Crippen LogP) is 2.34. The van der Waals surface area contributed by atoms with Crippen molar-refractivity contribution >= 4 is 28.4 Å². The van der Waals surface area contributed by atoms with Gasteiger partial charge in [-0.1, -0.05) is 12.1 Å². The minimum atomic E-state index is -0.0278. The number of ether oxygens (including phenoxy) is 1. The minimum absolute atomic E-state index is 0.0278. The van der Waals surface area contributed by atoms with E-state index in [0.29, 0.717) is 12.5 Å². The summed E-state index contributed by atoms with van der Waals surface area (Å²) in [5.41, 5.74) is 1.58. The molecule has 3 heterocycles. The van der Waals surface area contributed by atoms with Crippen LogP contribution in [0.3, 0.4) is 0 Å². The summed E-state index contributed by atoms with van der Waals surface area (Å²) >= 11 is 0. The van der Waals surface area contributed by atoms with Crippen molar-refractivity contribution in [3.63, 3.8) is 0 Å². The molecule has 0 unspecified atom stereocenters.